The molecule has 1 aromatic heterocycles. The average molecular weight is 141 g/mol. The number of carbonyl (C=O) groups is 1. The van der Waals surface area contributed by atoms with Gasteiger partial charge in [-0.05, 0) is 0 Å². The molecule has 1 heterocycles. The van der Waals surface area contributed by atoms with Gasteiger partial charge < -0.3 is 14.8 Å². The van der Waals surface area contributed by atoms with Gasteiger partial charge in [-0.3, -0.25) is 4.79 Å². The molecule has 2 N–H and O–H groups in total. The Morgan fingerprint density at radius 3 is 2.40 bits per heavy atom. The third-order valence-electron chi connectivity index (χ3n) is 1.28. The molecule has 0 aliphatic heterocycles. The van der Waals surface area contributed by atoms with E-state index in [4.69, 9.17) is 10.2 Å². The Labute approximate surface area is 57.3 Å². The second-order valence-electron chi connectivity index (χ2n) is 1.98. The summed E-state index contributed by atoms with van der Waals surface area (Å²) in [4.78, 5) is 10.1. The van der Waals surface area contributed by atoms with Crippen LogP contribution in [0.2, 0.25) is 0 Å². The standard InChI is InChI=1S/C6H7NO3/c1-7-2-5(9)4(3-8)6(7)10/h2-3,9-10H,1H3. The molecule has 0 spiro atoms. The molecule has 4 heteroatoms. The number of rotatable bonds is 1. The predicted octanol–water partition coefficient (Wildman–Crippen LogP) is 0.249. The maximum Gasteiger partial charge on any atom is 0.205 e. The largest absolute Gasteiger partial charge is 0.505 e. The molecule has 0 saturated carbocycles. The minimum Gasteiger partial charge on any atom is -0.505 e. The van der Waals surface area contributed by atoms with Crippen molar-refractivity contribution >= 4 is 6.29 Å². The van der Waals surface area contributed by atoms with Crippen LogP contribution in [-0.4, -0.2) is 21.1 Å². The minimum atomic E-state index is -0.215. The van der Waals surface area contributed by atoms with E-state index in [-0.39, 0.29) is 17.2 Å². The van der Waals surface area contributed by atoms with Gasteiger partial charge in [0, 0.05) is 13.2 Å². The monoisotopic (exact) mass is 141 g/mol. The van der Waals surface area contributed by atoms with Gasteiger partial charge in [0.25, 0.3) is 0 Å². The van der Waals surface area contributed by atoms with Crippen molar-refractivity contribution in [3.63, 3.8) is 0 Å². The summed E-state index contributed by atoms with van der Waals surface area (Å²) < 4.78 is 1.26. The molecule has 1 aromatic rings. The second-order valence-corrected chi connectivity index (χ2v) is 1.98. The lowest BCUT2D eigenvalue weighted by atomic mass is 10.3. The highest BCUT2D eigenvalue weighted by Gasteiger charge is 2.10. The number of hydrogen-bond donors (Lipinski definition) is 2. The normalized spacial score (nSPS) is 9.70. The molecular weight excluding hydrogens is 134 g/mol. The molecule has 0 amide bonds. The second kappa shape index (κ2) is 2.06. The first-order valence-corrected chi connectivity index (χ1v) is 2.69. The van der Waals surface area contributed by atoms with Crippen LogP contribution in [0.5, 0.6) is 11.6 Å². The number of carbonyl (C=O) groups excluding carboxylic acids is 1. The minimum absolute atomic E-state index is 0.0671. The molecule has 0 saturated heterocycles. The molecular formula is C6H7NO3. The fraction of sp³-hybridized carbons (Fsp3) is 0.167. The summed E-state index contributed by atoms with van der Waals surface area (Å²) in [7, 11) is 1.53. The van der Waals surface area contributed by atoms with Gasteiger partial charge >= 0.3 is 0 Å². The van der Waals surface area contributed by atoms with Crippen molar-refractivity contribution < 1.29 is 15.0 Å². The molecule has 0 aromatic carbocycles. The molecule has 1 rings (SSSR count). The van der Waals surface area contributed by atoms with E-state index >= 15 is 0 Å². The summed E-state index contributed by atoms with van der Waals surface area (Å²) in [6.45, 7) is 0. The first kappa shape index (κ1) is 6.67. The lowest BCUT2D eigenvalue weighted by molar-refractivity contribution is 0.111. The maximum absolute atomic E-state index is 10.1. The summed E-state index contributed by atoms with van der Waals surface area (Å²) in [5.74, 6) is -0.414. The first-order chi connectivity index (χ1) is 4.66. The van der Waals surface area contributed by atoms with Crippen molar-refractivity contribution in [3.05, 3.63) is 11.8 Å². The summed E-state index contributed by atoms with van der Waals surface area (Å²) >= 11 is 0. The summed E-state index contributed by atoms with van der Waals surface area (Å²) in [6.07, 6.45) is 1.67. The summed E-state index contributed by atoms with van der Waals surface area (Å²) in [5.41, 5.74) is -0.0671. The lowest BCUT2D eigenvalue weighted by Crippen LogP contribution is -1.83. The molecule has 0 bridgehead atoms. The van der Waals surface area contributed by atoms with Gasteiger partial charge in [-0.1, -0.05) is 0 Å². The highest BCUT2D eigenvalue weighted by Crippen LogP contribution is 2.25. The Hall–Kier alpha value is -1.45. The topological polar surface area (TPSA) is 62.5 Å². The summed E-state index contributed by atoms with van der Waals surface area (Å²) in [5, 5.41) is 17.9. The molecule has 0 atom stereocenters. The molecule has 4 nitrogen and oxygen atoms in total. The van der Waals surface area contributed by atoms with Gasteiger partial charge in [0.1, 0.15) is 11.3 Å². The van der Waals surface area contributed by atoms with Crippen LogP contribution in [-0.2, 0) is 7.05 Å². The van der Waals surface area contributed by atoms with E-state index in [1.165, 1.54) is 17.8 Å². The van der Waals surface area contributed by atoms with Crippen LogP contribution in [0.1, 0.15) is 10.4 Å². The molecule has 0 fully saturated rings. The first-order valence-electron chi connectivity index (χ1n) is 2.69. The average Bonchev–Trinajstić information content (AvgIpc) is 2.09. The molecule has 0 aliphatic carbocycles. The van der Waals surface area contributed by atoms with Crippen molar-refractivity contribution in [1.82, 2.24) is 4.57 Å². The van der Waals surface area contributed by atoms with Crippen LogP contribution in [0.25, 0.3) is 0 Å². The molecule has 0 radical (unpaired) electrons. The predicted molar refractivity (Wildman–Crippen MR) is 34.1 cm³/mol. The van der Waals surface area contributed by atoms with E-state index in [1.54, 1.807) is 0 Å². The van der Waals surface area contributed by atoms with Crippen LogP contribution >= 0.6 is 0 Å². The zero-order valence-corrected chi connectivity index (χ0v) is 5.40. The third kappa shape index (κ3) is 0.737. The Morgan fingerprint density at radius 1 is 1.60 bits per heavy atom. The smallest absolute Gasteiger partial charge is 0.205 e. The lowest BCUT2D eigenvalue weighted by Gasteiger charge is -1.90. The maximum atomic E-state index is 10.1. The van der Waals surface area contributed by atoms with Gasteiger partial charge in [0.05, 0.1) is 0 Å². The van der Waals surface area contributed by atoms with E-state index in [9.17, 15) is 4.79 Å². The number of hydrogen-bond acceptors (Lipinski definition) is 3. The van der Waals surface area contributed by atoms with Crippen LogP contribution in [0, 0.1) is 0 Å². The Kier molecular flexibility index (Phi) is 1.37. The van der Waals surface area contributed by atoms with Gasteiger partial charge in [-0.15, -0.1) is 0 Å². The van der Waals surface area contributed by atoms with Crippen LogP contribution < -0.4 is 0 Å². The van der Waals surface area contributed by atoms with Crippen LogP contribution in [0.15, 0.2) is 6.20 Å². The molecule has 54 valence electrons. The quantitative estimate of drug-likeness (QED) is 0.551. The Bertz CT molecular complexity index is 264. The highest BCUT2D eigenvalue weighted by atomic mass is 16.3. The number of nitrogens with zero attached hydrogens (tertiary/aromatic N) is 1. The zero-order chi connectivity index (χ0) is 7.72. The van der Waals surface area contributed by atoms with Crippen molar-refractivity contribution in [3.8, 4) is 11.6 Å². The molecule has 0 aliphatic rings. The van der Waals surface area contributed by atoms with Crippen molar-refractivity contribution in [1.29, 1.82) is 0 Å². The summed E-state index contributed by atoms with van der Waals surface area (Å²) in [6, 6.07) is 0. The van der Waals surface area contributed by atoms with Crippen molar-refractivity contribution in [2.75, 3.05) is 0 Å². The van der Waals surface area contributed by atoms with E-state index < -0.39 is 0 Å². The van der Waals surface area contributed by atoms with Gasteiger partial charge in [0.15, 0.2) is 6.29 Å². The fourth-order valence-electron chi connectivity index (χ4n) is 0.732. The van der Waals surface area contributed by atoms with Crippen molar-refractivity contribution in [2.24, 2.45) is 7.05 Å². The number of aldehydes is 1. The fourth-order valence-corrected chi connectivity index (χ4v) is 0.732. The van der Waals surface area contributed by atoms with E-state index in [1.807, 2.05) is 0 Å². The van der Waals surface area contributed by atoms with E-state index in [0.717, 1.165) is 0 Å². The number of aryl methyl sites for hydroxylation is 1. The van der Waals surface area contributed by atoms with E-state index in [0.29, 0.717) is 6.29 Å². The number of aromatic nitrogens is 1. The Morgan fingerprint density at radius 2 is 2.20 bits per heavy atom. The van der Waals surface area contributed by atoms with Crippen molar-refractivity contribution in [2.45, 2.75) is 0 Å². The van der Waals surface area contributed by atoms with E-state index in [2.05, 4.69) is 0 Å². The van der Waals surface area contributed by atoms with Crippen LogP contribution in [0.3, 0.4) is 0 Å². The SMILES string of the molecule is Cn1cc(O)c(C=O)c1O. The zero-order valence-electron chi connectivity index (χ0n) is 5.40. The van der Waals surface area contributed by atoms with Gasteiger partial charge in [-0.25, -0.2) is 0 Å². The van der Waals surface area contributed by atoms with Crippen LogP contribution in [0.4, 0.5) is 0 Å². The van der Waals surface area contributed by atoms with Gasteiger partial charge in [-0.2, -0.15) is 0 Å². The Balaban J connectivity index is 3.33. The highest BCUT2D eigenvalue weighted by molar-refractivity contribution is 5.82. The molecule has 0 unspecified atom stereocenters. The number of aromatic hydroxyl groups is 2. The third-order valence-corrected chi connectivity index (χ3v) is 1.28. The van der Waals surface area contributed by atoms with Gasteiger partial charge in [0.2, 0.25) is 5.88 Å². The molecule has 10 heavy (non-hydrogen) atoms.